The fourth-order valence-electron chi connectivity index (χ4n) is 0.803. The van der Waals surface area contributed by atoms with Crippen LogP contribution in [0.4, 0.5) is 23.2 Å². The van der Waals surface area contributed by atoms with Crippen LogP contribution in [0.5, 0.6) is 0 Å². The van der Waals surface area contributed by atoms with Gasteiger partial charge in [0.2, 0.25) is 0 Å². The molecule has 0 bridgehead atoms. The Balaban J connectivity index is 3.33. The molecule has 2 N–H and O–H groups in total. The zero-order valence-corrected chi connectivity index (χ0v) is 5.82. The average molecular weight is 179 g/mol. The lowest BCUT2D eigenvalue weighted by Crippen LogP contribution is -2.00. The topological polar surface area (TPSA) is 26.0 Å². The van der Waals surface area contributed by atoms with E-state index in [9.17, 15) is 17.6 Å². The molecule has 0 heterocycles. The Morgan fingerprint density at radius 3 is 2.17 bits per heavy atom. The Kier molecular flexibility index (Phi) is 2.21. The quantitative estimate of drug-likeness (QED) is 0.520. The molecule has 0 spiro atoms. The lowest BCUT2D eigenvalue weighted by molar-refractivity contribution is 0.146. The van der Waals surface area contributed by atoms with Gasteiger partial charge in [-0.2, -0.15) is 0 Å². The molecule has 0 fully saturated rings. The smallest absolute Gasteiger partial charge is 0.268 e. The maximum Gasteiger partial charge on any atom is 0.268 e. The van der Waals surface area contributed by atoms with Crippen LogP contribution < -0.4 is 5.73 Å². The molecule has 0 aliphatic carbocycles. The van der Waals surface area contributed by atoms with Gasteiger partial charge in [0.15, 0.2) is 11.6 Å². The van der Waals surface area contributed by atoms with Gasteiger partial charge in [-0.25, -0.2) is 17.6 Å². The van der Waals surface area contributed by atoms with Gasteiger partial charge in [-0.05, 0) is 12.1 Å². The average Bonchev–Trinajstić information content (AvgIpc) is 1.97. The highest BCUT2D eigenvalue weighted by Gasteiger charge is 2.19. The van der Waals surface area contributed by atoms with Crippen molar-refractivity contribution in [2.75, 3.05) is 5.73 Å². The molecule has 12 heavy (non-hydrogen) atoms. The van der Waals surface area contributed by atoms with Gasteiger partial charge in [0.1, 0.15) is 0 Å². The van der Waals surface area contributed by atoms with Crippen LogP contribution in [0.3, 0.4) is 0 Å². The van der Waals surface area contributed by atoms with Crippen molar-refractivity contribution < 1.29 is 17.6 Å². The van der Waals surface area contributed by atoms with Crippen molar-refractivity contribution in [3.63, 3.8) is 0 Å². The van der Waals surface area contributed by atoms with Gasteiger partial charge in [0.05, 0.1) is 5.56 Å². The minimum Gasteiger partial charge on any atom is -0.398 e. The number of halogens is 4. The Morgan fingerprint density at radius 1 is 1.17 bits per heavy atom. The van der Waals surface area contributed by atoms with E-state index in [-0.39, 0.29) is 0 Å². The first kappa shape index (κ1) is 8.83. The van der Waals surface area contributed by atoms with Crippen LogP contribution >= 0.6 is 0 Å². The van der Waals surface area contributed by atoms with E-state index in [0.717, 1.165) is 6.07 Å². The largest absolute Gasteiger partial charge is 0.398 e. The normalized spacial score (nSPS) is 10.8. The molecule has 1 aromatic carbocycles. The second kappa shape index (κ2) is 3.00. The summed E-state index contributed by atoms with van der Waals surface area (Å²) in [6.45, 7) is 0. The van der Waals surface area contributed by atoms with E-state index in [1.54, 1.807) is 0 Å². The van der Waals surface area contributed by atoms with Crippen LogP contribution in [0.15, 0.2) is 12.1 Å². The summed E-state index contributed by atoms with van der Waals surface area (Å²) in [7, 11) is 0. The predicted molar refractivity (Wildman–Crippen MR) is 35.7 cm³/mol. The Morgan fingerprint density at radius 2 is 1.75 bits per heavy atom. The summed E-state index contributed by atoms with van der Waals surface area (Å²) in [6.07, 6.45) is -3.10. The molecule has 1 rings (SSSR count). The number of hydrogen-bond acceptors (Lipinski definition) is 1. The van der Waals surface area contributed by atoms with Crippen molar-refractivity contribution in [2.24, 2.45) is 0 Å². The van der Waals surface area contributed by atoms with Crippen molar-refractivity contribution >= 4 is 5.69 Å². The Hall–Kier alpha value is -1.26. The number of rotatable bonds is 1. The van der Waals surface area contributed by atoms with Crippen LogP contribution in [-0.4, -0.2) is 0 Å². The number of nitrogens with two attached hydrogens (primary N) is 1. The van der Waals surface area contributed by atoms with Crippen molar-refractivity contribution in [3.8, 4) is 0 Å². The molecular weight excluding hydrogens is 174 g/mol. The fourth-order valence-corrected chi connectivity index (χ4v) is 0.803. The van der Waals surface area contributed by atoms with Gasteiger partial charge in [-0.15, -0.1) is 0 Å². The van der Waals surface area contributed by atoms with Gasteiger partial charge in [-0.3, -0.25) is 0 Å². The van der Waals surface area contributed by atoms with E-state index in [4.69, 9.17) is 5.73 Å². The highest BCUT2D eigenvalue weighted by molar-refractivity contribution is 5.48. The van der Waals surface area contributed by atoms with E-state index in [2.05, 4.69) is 0 Å². The van der Waals surface area contributed by atoms with E-state index in [1.165, 1.54) is 0 Å². The molecule has 0 saturated heterocycles. The number of alkyl halides is 2. The highest BCUT2D eigenvalue weighted by atomic mass is 19.3. The van der Waals surface area contributed by atoms with Gasteiger partial charge >= 0.3 is 0 Å². The summed E-state index contributed by atoms with van der Waals surface area (Å²) in [4.78, 5) is 0. The number of anilines is 1. The molecule has 0 atom stereocenters. The third kappa shape index (κ3) is 1.34. The minimum atomic E-state index is -3.10. The first-order valence-corrected chi connectivity index (χ1v) is 3.05. The first-order valence-electron chi connectivity index (χ1n) is 3.05. The maximum atomic E-state index is 12.6. The molecule has 0 amide bonds. The van der Waals surface area contributed by atoms with E-state index in [0.29, 0.717) is 6.07 Å². The molecule has 0 aliphatic rings. The van der Waals surface area contributed by atoms with Gasteiger partial charge < -0.3 is 5.73 Å². The van der Waals surface area contributed by atoms with Gasteiger partial charge in [0.25, 0.3) is 6.43 Å². The third-order valence-corrected chi connectivity index (χ3v) is 1.38. The molecule has 66 valence electrons. The predicted octanol–water partition coefficient (Wildman–Crippen LogP) is 2.48. The van der Waals surface area contributed by atoms with Crippen LogP contribution in [-0.2, 0) is 0 Å². The van der Waals surface area contributed by atoms with E-state index < -0.39 is 29.3 Å². The summed E-state index contributed by atoms with van der Waals surface area (Å²) in [6, 6.07) is 1.61. The summed E-state index contributed by atoms with van der Waals surface area (Å²) >= 11 is 0. The fraction of sp³-hybridized carbons (Fsp3) is 0.143. The summed E-state index contributed by atoms with van der Waals surface area (Å²) in [5.74, 6) is -2.90. The number of nitrogen functional groups attached to an aromatic ring is 1. The molecule has 0 aliphatic heterocycles. The van der Waals surface area contributed by atoms with Crippen molar-refractivity contribution in [2.45, 2.75) is 6.43 Å². The molecule has 0 saturated carbocycles. The second-order valence-electron chi connectivity index (χ2n) is 2.16. The standard InChI is InChI=1S/C7H5F4N/c8-3-1-2-4(12)5(6(3)9)7(10)11/h1-2,7H,12H2. The molecule has 1 nitrogen and oxygen atoms in total. The Labute approximate surface area is 65.8 Å². The molecule has 0 radical (unpaired) electrons. The first-order chi connectivity index (χ1) is 5.54. The summed E-state index contributed by atoms with van der Waals surface area (Å²) < 4.78 is 48.9. The van der Waals surface area contributed by atoms with Crippen LogP contribution in [0.25, 0.3) is 0 Å². The van der Waals surface area contributed by atoms with E-state index in [1.807, 2.05) is 0 Å². The lowest BCUT2D eigenvalue weighted by atomic mass is 10.1. The Bertz CT molecular complexity index is 298. The lowest BCUT2D eigenvalue weighted by Gasteiger charge is -2.05. The zero-order valence-electron chi connectivity index (χ0n) is 5.82. The molecule has 0 unspecified atom stereocenters. The van der Waals surface area contributed by atoms with Crippen LogP contribution in [0.1, 0.15) is 12.0 Å². The SMILES string of the molecule is Nc1ccc(F)c(F)c1C(F)F. The van der Waals surface area contributed by atoms with Crippen LogP contribution in [0, 0.1) is 11.6 Å². The summed E-state index contributed by atoms with van der Waals surface area (Å²) in [5.41, 5.74) is 3.49. The summed E-state index contributed by atoms with van der Waals surface area (Å²) in [5, 5.41) is 0. The second-order valence-corrected chi connectivity index (χ2v) is 2.16. The molecular formula is C7H5F4N. The monoisotopic (exact) mass is 179 g/mol. The van der Waals surface area contributed by atoms with Gasteiger partial charge in [-0.1, -0.05) is 0 Å². The van der Waals surface area contributed by atoms with Crippen molar-refractivity contribution in [1.82, 2.24) is 0 Å². The van der Waals surface area contributed by atoms with Crippen molar-refractivity contribution in [3.05, 3.63) is 29.3 Å². The maximum absolute atomic E-state index is 12.6. The molecule has 5 heteroatoms. The van der Waals surface area contributed by atoms with Crippen LogP contribution in [0.2, 0.25) is 0 Å². The molecule has 1 aromatic rings. The number of hydrogen-bond donors (Lipinski definition) is 1. The van der Waals surface area contributed by atoms with Gasteiger partial charge in [0, 0.05) is 5.69 Å². The zero-order chi connectivity index (χ0) is 9.30. The third-order valence-electron chi connectivity index (χ3n) is 1.38. The molecule has 0 aromatic heterocycles. The number of benzene rings is 1. The van der Waals surface area contributed by atoms with E-state index >= 15 is 0 Å². The van der Waals surface area contributed by atoms with Crippen molar-refractivity contribution in [1.29, 1.82) is 0 Å². The minimum absolute atomic E-state index is 0.441. The highest BCUT2D eigenvalue weighted by Crippen LogP contribution is 2.28.